The number of nitrogens with zero attached hydrogens (tertiary/aromatic N) is 7. The Balaban J connectivity index is 1.34. The zero-order valence-electron chi connectivity index (χ0n) is 17.6. The van der Waals surface area contributed by atoms with Gasteiger partial charge < -0.3 is 4.90 Å². The van der Waals surface area contributed by atoms with Gasteiger partial charge in [-0.15, -0.1) is 15.3 Å². The molecule has 0 spiro atoms. The van der Waals surface area contributed by atoms with Gasteiger partial charge in [-0.05, 0) is 62.3 Å². The first kappa shape index (κ1) is 18.5. The fraction of sp³-hybridized carbons (Fsp3) is 0.591. The first-order chi connectivity index (χ1) is 14.0. The number of hydrogen-bond acceptors (Lipinski definition) is 6. The number of anilines is 1. The van der Waals surface area contributed by atoms with E-state index < -0.39 is 0 Å². The predicted molar refractivity (Wildman–Crippen MR) is 112 cm³/mol. The number of aryl methyl sites for hydroxylation is 2. The van der Waals surface area contributed by atoms with E-state index in [1.807, 2.05) is 10.6 Å². The zero-order valence-corrected chi connectivity index (χ0v) is 17.6. The van der Waals surface area contributed by atoms with Gasteiger partial charge in [0.25, 0.3) is 0 Å². The second kappa shape index (κ2) is 7.04. The Bertz CT molecular complexity index is 1030. The van der Waals surface area contributed by atoms with Crippen molar-refractivity contribution in [1.29, 1.82) is 0 Å². The highest BCUT2D eigenvalue weighted by atomic mass is 15.4. The minimum absolute atomic E-state index is 0.00418. The fourth-order valence-electron chi connectivity index (χ4n) is 4.46. The van der Waals surface area contributed by atoms with Gasteiger partial charge in [0.1, 0.15) is 0 Å². The van der Waals surface area contributed by atoms with Crippen LogP contribution in [0.3, 0.4) is 0 Å². The lowest BCUT2D eigenvalue weighted by molar-refractivity contribution is 0.469. The number of fused-ring (bicyclic) bond motifs is 2. The summed E-state index contributed by atoms with van der Waals surface area (Å²) >= 11 is 0. The SMILES string of the molecule is CC(C)(C)c1ccc2nnc(C3CCN(c4cc5c(nn4)CCCC5)CC3)n2n1. The third-order valence-electron chi connectivity index (χ3n) is 6.30. The normalized spacial score (nSPS) is 18.2. The van der Waals surface area contributed by atoms with E-state index in [0.717, 1.165) is 61.8 Å². The summed E-state index contributed by atoms with van der Waals surface area (Å²) in [7, 11) is 0. The van der Waals surface area contributed by atoms with Crippen LogP contribution in [0.1, 0.15) is 75.1 Å². The van der Waals surface area contributed by atoms with Crippen LogP contribution in [0.15, 0.2) is 18.2 Å². The van der Waals surface area contributed by atoms with Gasteiger partial charge in [-0.1, -0.05) is 20.8 Å². The molecule has 3 aromatic heterocycles. The molecule has 7 nitrogen and oxygen atoms in total. The first-order valence-electron chi connectivity index (χ1n) is 10.8. The number of hydrogen-bond donors (Lipinski definition) is 0. The van der Waals surface area contributed by atoms with Crippen molar-refractivity contribution in [1.82, 2.24) is 30.0 Å². The van der Waals surface area contributed by atoms with Crippen LogP contribution in [0.4, 0.5) is 5.82 Å². The second-order valence-electron chi connectivity index (χ2n) is 9.44. The Morgan fingerprint density at radius 1 is 0.931 bits per heavy atom. The molecule has 152 valence electrons. The second-order valence-corrected chi connectivity index (χ2v) is 9.44. The number of aromatic nitrogens is 6. The molecule has 0 amide bonds. The summed E-state index contributed by atoms with van der Waals surface area (Å²) in [6.45, 7) is 8.48. The molecule has 0 atom stereocenters. The Morgan fingerprint density at radius 2 is 1.72 bits per heavy atom. The Morgan fingerprint density at radius 3 is 2.52 bits per heavy atom. The predicted octanol–water partition coefficient (Wildman–Crippen LogP) is 3.47. The van der Waals surface area contributed by atoms with Gasteiger partial charge in [-0.2, -0.15) is 14.7 Å². The molecule has 4 heterocycles. The van der Waals surface area contributed by atoms with Crippen molar-refractivity contribution < 1.29 is 0 Å². The van der Waals surface area contributed by atoms with Crippen LogP contribution >= 0.6 is 0 Å². The summed E-state index contributed by atoms with van der Waals surface area (Å²) in [6, 6.07) is 6.36. The van der Waals surface area contributed by atoms with Crippen molar-refractivity contribution >= 4 is 11.5 Å². The molecule has 0 bridgehead atoms. The van der Waals surface area contributed by atoms with Crippen LogP contribution in [0, 0.1) is 0 Å². The van der Waals surface area contributed by atoms with Gasteiger partial charge in [0, 0.05) is 24.4 Å². The number of rotatable bonds is 2. The van der Waals surface area contributed by atoms with Crippen molar-refractivity contribution in [2.45, 2.75) is 70.6 Å². The Labute approximate surface area is 171 Å². The third kappa shape index (κ3) is 3.47. The average molecular weight is 392 g/mol. The van der Waals surface area contributed by atoms with Gasteiger partial charge in [-0.25, -0.2) is 0 Å². The lowest BCUT2D eigenvalue weighted by Gasteiger charge is -2.32. The Kier molecular flexibility index (Phi) is 4.48. The molecule has 1 aliphatic heterocycles. The first-order valence-corrected chi connectivity index (χ1v) is 10.8. The van der Waals surface area contributed by atoms with Crippen LogP contribution in [0.2, 0.25) is 0 Å². The lowest BCUT2D eigenvalue weighted by Crippen LogP contribution is -2.34. The minimum Gasteiger partial charge on any atom is -0.355 e. The fourth-order valence-corrected chi connectivity index (χ4v) is 4.46. The van der Waals surface area contributed by atoms with Gasteiger partial charge in [0.05, 0.1) is 11.4 Å². The summed E-state index contributed by atoms with van der Waals surface area (Å²) in [4.78, 5) is 2.37. The lowest BCUT2D eigenvalue weighted by atomic mass is 9.92. The van der Waals surface area contributed by atoms with Crippen LogP contribution in [0.25, 0.3) is 5.65 Å². The summed E-state index contributed by atoms with van der Waals surface area (Å²) in [5.41, 5.74) is 4.49. The molecular weight excluding hydrogens is 362 g/mol. The van der Waals surface area contributed by atoms with Crippen molar-refractivity contribution in [3.05, 3.63) is 41.0 Å². The van der Waals surface area contributed by atoms with E-state index in [0.29, 0.717) is 5.92 Å². The van der Waals surface area contributed by atoms with Crippen molar-refractivity contribution in [2.24, 2.45) is 0 Å². The van der Waals surface area contributed by atoms with Crippen molar-refractivity contribution in [3.8, 4) is 0 Å². The van der Waals surface area contributed by atoms with Crippen molar-refractivity contribution in [3.63, 3.8) is 0 Å². The molecule has 29 heavy (non-hydrogen) atoms. The topological polar surface area (TPSA) is 72.1 Å². The van der Waals surface area contributed by atoms with Crippen LogP contribution in [-0.4, -0.2) is 43.1 Å². The molecule has 0 N–H and O–H groups in total. The summed E-state index contributed by atoms with van der Waals surface area (Å²) in [5.74, 6) is 2.39. The van der Waals surface area contributed by atoms with E-state index in [1.54, 1.807) is 0 Å². The highest BCUT2D eigenvalue weighted by Gasteiger charge is 2.27. The molecular formula is C22H29N7. The monoisotopic (exact) mass is 391 g/mol. The van der Waals surface area contributed by atoms with Crippen LogP contribution in [-0.2, 0) is 18.3 Å². The maximum Gasteiger partial charge on any atom is 0.177 e. The summed E-state index contributed by atoms with van der Waals surface area (Å²) in [6.07, 6.45) is 6.78. The van der Waals surface area contributed by atoms with E-state index in [1.165, 1.54) is 24.1 Å². The third-order valence-corrected chi connectivity index (χ3v) is 6.30. The molecule has 0 unspecified atom stereocenters. The van der Waals surface area contributed by atoms with Gasteiger partial charge in [-0.3, -0.25) is 0 Å². The zero-order chi connectivity index (χ0) is 20.0. The van der Waals surface area contributed by atoms with E-state index >= 15 is 0 Å². The molecule has 3 aromatic rings. The maximum atomic E-state index is 4.86. The molecule has 1 aliphatic carbocycles. The maximum absolute atomic E-state index is 4.86. The number of piperidine rings is 1. The molecule has 7 heteroatoms. The largest absolute Gasteiger partial charge is 0.355 e. The highest BCUT2D eigenvalue weighted by molar-refractivity contribution is 5.43. The van der Waals surface area contributed by atoms with Gasteiger partial charge in [0.2, 0.25) is 0 Å². The Hall–Kier alpha value is -2.57. The van der Waals surface area contributed by atoms with Gasteiger partial charge >= 0.3 is 0 Å². The molecule has 5 rings (SSSR count). The molecule has 2 aliphatic rings. The van der Waals surface area contributed by atoms with Crippen molar-refractivity contribution in [2.75, 3.05) is 18.0 Å². The quantitative estimate of drug-likeness (QED) is 0.666. The van der Waals surface area contributed by atoms with Crippen LogP contribution in [0.5, 0.6) is 0 Å². The molecule has 0 radical (unpaired) electrons. The van der Waals surface area contributed by atoms with E-state index in [4.69, 9.17) is 5.10 Å². The van der Waals surface area contributed by atoms with Gasteiger partial charge in [0.15, 0.2) is 17.3 Å². The standard InChI is InChI=1S/C22H29N7/c1-22(2,3)18-8-9-19-24-26-21(29(19)27-18)15-10-12-28(13-11-15)20-14-16-6-4-5-7-17(16)23-25-20/h8-9,14-15H,4-7,10-13H2,1-3H3. The summed E-state index contributed by atoms with van der Waals surface area (Å²) in [5, 5.41) is 22.8. The highest BCUT2D eigenvalue weighted by Crippen LogP contribution is 2.30. The van der Waals surface area contributed by atoms with E-state index in [-0.39, 0.29) is 5.41 Å². The molecule has 0 saturated carbocycles. The molecule has 0 aromatic carbocycles. The van der Waals surface area contributed by atoms with E-state index in [2.05, 4.69) is 58.2 Å². The smallest absolute Gasteiger partial charge is 0.177 e. The average Bonchev–Trinajstić information content (AvgIpc) is 3.16. The van der Waals surface area contributed by atoms with Crippen LogP contribution < -0.4 is 4.90 Å². The molecule has 1 saturated heterocycles. The van der Waals surface area contributed by atoms with E-state index in [9.17, 15) is 0 Å². The minimum atomic E-state index is 0.00418. The molecule has 1 fully saturated rings. The summed E-state index contributed by atoms with van der Waals surface area (Å²) < 4.78 is 1.96.